The third-order valence-electron chi connectivity index (χ3n) is 5.72. The summed E-state index contributed by atoms with van der Waals surface area (Å²) in [5, 5.41) is -0.00751. The van der Waals surface area contributed by atoms with Crippen LogP contribution in [0.5, 0.6) is 0 Å². The van der Waals surface area contributed by atoms with Crippen molar-refractivity contribution in [2.45, 2.75) is 36.8 Å². The topological polar surface area (TPSA) is 26.8 Å². The van der Waals surface area contributed by atoms with Gasteiger partial charge in [0.2, 0.25) is 5.91 Å². The molecule has 0 N–H and O–H groups in total. The van der Waals surface area contributed by atoms with Gasteiger partial charge in [0.15, 0.2) is 0 Å². The number of nitrogens with zero attached hydrogens (tertiary/aromatic N) is 3. The monoisotopic (exact) mass is 375 g/mol. The van der Waals surface area contributed by atoms with Gasteiger partial charge in [-0.2, -0.15) is 0 Å². The smallest absolute Gasteiger partial charge is 0.235 e. The Morgan fingerprint density at radius 1 is 1.08 bits per heavy atom. The highest BCUT2D eigenvalue weighted by atomic mass is 32.2. The van der Waals surface area contributed by atoms with Crippen LogP contribution in [0, 0.1) is 12.8 Å². The van der Waals surface area contributed by atoms with Gasteiger partial charge in [0.25, 0.3) is 0 Å². The molecule has 3 rings (SSSR count). The second-order valence-corrected chi connectivity index (χ2v) is 9.36. The molecule has 1 aromatic carbocycles. The lowest BCUT2D eigenvalue weighted by molar-refractivity contribution is -0.131. The lowest BCUT2D eigenvalue weighted by atomic mass is 9.95. The van der Waals surface area contributed by atoms with Crippen LogP contribution in [0.25, 0.3) is 0 Å². The molecule has 5 heteroatoms. The fourth-order valence-electron chi connectivity index (χ4n) is 3.86. The van der Waals surface area contributed by atoms with Crippen molar-refractivity contribution in [2.75, 3.05) is 52.9 Å². The molecule has 1 unspecified atom stereocenters. The third-order valence-corrected chi connectivity index (χ3v) is 6.82. The van der Waals surface area contributed by atoms with Crippen molar-refractivity contribution in [3.8, 4) is 0 Å². The molecule has 144 valence electrons. The number of amides is 1. The van der Waals surface area contributed by atoms with Crippen molar-refractivity contribution in [3.05, 3.63) is 29.8 Å². The van der Waals surface area contributed by atoms with E-state index in [9.17, 15) is 4.79 Å². The molecule has 0 spiro atoms. The minimum absolute atomic E-state index is 0.00751. The molecule has 0 radical (unpaired) electrons. The molecule has 2 aliphatic rings. The van der Waals surface area contributed by atoms with Crippen LogP contribution >= 0.6 is 11.8 Å². The SMILES string of the molecule is Cc1ccc(SC(C)C(=O)N2CCC(CN3CCN(C)CC3)CC2)cc1. The lowest BCUT2D eigenvalue weighted by Gasteiger charge is -2.38. The van der Waals surface area contributed by atoms with Crippen LogP contribution in [0.3, 0.4) is 0 Å². The number of piperazine rings is 1. The van der Waals surface area contributed by atoms with E-state index < -0.39 is 0 Å². The molecule has 0 saturated carbocycles. The Balaban J connectivity index is 1.42. The second kappa shape index (κ2) is 9.25. The molecule has 0 aromatic heterocycles. The number of aryl methyl sites for hydroxylation is 1. The number of hydrogen-bond acceptors (Lipinski definition) is 4. The molecule has 2 saturated heterocycles. The number of rotatable bonds is 5. The van der Waals surface area contributed by atoms with E-state index in [1.807, 2.05) is 6.92 Å². The molecule has 4 nitrogen and oxygen atoms in total. The molecular formula is C21H33N3OS. The summed E-state index contributed by atoms with van der Waals surface area (Å²) in [7, 11) is 2.21. The molecular weight excluding hydrogens is 342 g/mol. The Bertz CT molecular complexity index is 575. The van der Waals surface area contributed by atoms with Crippen LogP contribution in [0.2, 0.25) is 0 Å². The van der Waals surface area contributed by atoms with Gasteiger partial charge in [-0.1, -0.05) is 17.7 Å². The highest BCUT2D eigenvalue weighted by molar-refractivity contribution is 8.00. The summed E-state index contributed by atoms with van der Waals surface area (Å²) in [4.78, 5) is 21.1. The zero-order valence-corrected chi connectivity index (χ0v) is 17.3. The molecule has 26 heavy (non-hydrogen) atoms. The van der Waals surface area contributed by atoms with Gasteiger partial charge in [0.05, 0.1) is 5.25 Å². The maximum absolute atomic E-state index is 12.8. The van der Waals surface area contributed by atoms with Crippen LogP contribution in [0.15, 0.2) is 29.2 Å². The molecule has 1 amide bonds. The van der Waals surface area contributed by atoms with Crippen molar-refractivity contribution < 1.29 is 4.79 Å². The quantitative estimate of drug-likeness (QED) is 0.740. The first kappa shape index (κ1) is 19.7. The maximum atomic E-state index is 12.8. The van der Waals surface area contributed by atoms with Gasteiger partial charge in [-0.3, -0.25) is 4.79 Å². The van der Waals surface area contributed by atoms with Crippen LogP contribution < -0.4 is 0 Å². The van der Waals surface area contributed by atoms with E-state index in [0.29, 0.717) is 5.91 Å². The number of carbonyl (C=O) groups is 1. The van der Waals surface area contributed by atoms with Gasteiger partial charge in [0, 0.05) is 50.7 Å². The minimum Gasteiger partial charge on any atom is -0.342 e. The molecule has 0 bridgehead atoms. The number of piperidine rings is 1. The summed E-state index contributed by atoms with van der Waals surface area (Å²) in [6, 6.07) is 8.46. The van der Waals surface area contributed by atoms with Gasteiger partial charge >= 0.3 is 0 Å². The average molecular weight is 376 g/mol. The van der Waals surface area contributed by atoms with Crippen LogP contribution in [-0.2, 0) is 4.79 Å². The lowest BCUT2D eigenvalue weighted by Crippen LogP contribution is -2.48. The molecule has 2 fully saturated rings. The molecule has 0 aliphatic carbocycles. The van der Waals surface area contributed by atoms with E-state index in [4.69, 9.17) is 0 Å². The van der Waals surface area contributed by atoms with Crippen molar-refractivity contribution in [3.63, 3.8) is 0 Å². The predicted molar refractivity (Wildman–Crippen MR) is 110 cm³/mol. The third kappa shape index (κ3) is 5.48. The summed E-state index contributed by atoms with van der Waals surface area (Å²) in [6.45, 7) is 12.0. The molecule has 1 atom stereocenters. The highest BCUT2D eigenvalue weighted by Gasteiger charge is 2.28. The van der Waals surface area contributed by atoms with Crippen molar-refractivity contribution in [1.82, 2.24) is 14.7 Å². The first-order valence-corrected chi connectivity index (χ1v) is 10.8. The first-order valence-electron chi connectivity index (χ1n) is 9.94. The Morgan fingerprint density at radius 3 is 2.31 bits per heavy atom. The van der Waals surface area contributed by atoms with Crippen LogP contribution in [0.4, 0.5) is 0 Å². The van der Waals surface area contributed by atoms with E-state index in [0.717, 1.165) is 31.8 Å². The normalized spacial score (nSPS) is 21.7. The van der Waals surface area contributed by atoms with E-state index in [-0.39, 0.29) is 5.25 Å². The summed E-state index contributed by atoms with van der Waals surface area (Å²) < 4.78 is 0. The van der Waals surface area contributed by atoms with E-state index in [2.05, 4.69) is 52.9 Å². The highest BCUT2D eigenvalue weighted by Crippen LogP contribution is 2.27. The predicted octanol–water partition coefficient (Wildman–Crippen LogP) is 2.96. The average Bonchev–Trinajstić information content (AvgIpc) is 2.65. The minimum atomic E-state index is -0.00751. The zero-order chi connectivity index (χ0) is 18.5. The Labute approximate surface area is 162 Å². The van der Waals surface area contributed by atoms with Crippen LogP contribution in [-0.4, -0.2) is 78.7 Å². The standard InChI is InChI=1S/C21H33N3OS/c1-17-4-6-20(7-5-17)26-18(2)21(25)24-10-8-19(9-11-24)16-23-14-12-22(3)13-15-23/h4-7,18-19H,8-16H2,1-3H3. The summed E-state index contributed by atoms with van der Waals surface area (Å²) >= 11 is 1.68. The fraction of sp³-hybridized carbons (Fsp3) is 0.667. The number of benzene rings is 1. The second-order valence-electron chi connectivity index (χ2n) is 7.95. The molecule has 2 aliphatic heterocycles. The van der Waals surface area contributed by atoms with Crippen molar-refractivity contribution in [1.29, 1.82) is 0 Å². The van der Waals surface area contributed by atoms with Gasteiger partial charge in [0.1, 0.15) is 0 Å². The van der Waals surface area contributed by atoms with Gasteiger partial charge in [-0.15, -0.1) is 11.8 Å². The van der Waals surface area contributed by atoms with Crippen molar-refractivity contribution in [2.24, 2.45) is 5.92 Å². The van der Waals surface area contributed by atoms with Gasteiger partial charge in [-0.05, 0) is 51.8 Å². The first-order chi connectivity index (χ1) is 12.5. The zero-order valence-electron chi connectivity index (χ0n) is 16.5. The number of hydrogen-bond donors (Lipinski definition) is 0. The van der Waals surface area contributed by atoms with E-state index >= 15 is 0 Å². The number of thioether (sulfide) groups is 1. The van der Waals surface area contributed by atoms with Crippen LogP contribution in [0.1, 0.15) is 25.3 Å². The fourth-order valence-corrected chi connectivity index (χ4v) is 4.81. The maximum Gasteiger partial charge on any atom is 0.235 e. The number of likely N-dealkylation sites (N-methyl/N-ethyl adjacent to an activating group) is 1. The molecule has 1 aromatic rings. The molecule has 2 heterocycles. The number of likely N-dealkylation sites (tertiary alicyclic amines) is 1. The van der Waals surface area contributed by atoms with Gasteiger partial charge in [-0.25, -0.2) is 0 Å². The van der Waals surface area contributed by atoms with E-state index in [1.165, 1.54) is 43.2 Å². The Hall–Kier alpha value is -1.04. The van der Waals surface area contributed by atoms with E-state index in [1.54, 1.807) is 11.8 Å². The Morgan fingerprint density at radius 2 is 1.69 bits per heavy atom. The summed E-state index contributed by atoms with van der Waals surface area (Å²) in [5.41, 5.74) is 1.26. The summed E-state index contributed by atoms with van der Waals surface area (Å²) in [6.07, 6.45) is 2.31. The largest absolute Gasteiger partial charge is 0.342 e. The number of carbonyl (C=O) groups excluding carboxylic acids is 1. The summed E-state index contributed by atoms with van der Waals surface area (Å²) in [5.74, 6) is 1.05. The van der Waals surface area contributed by atoms with Crippen molar-refractivity contribution >= 4 is 17.7 Å². The van der Waals surface area contributed by atoms with Gasteiger partial charge < -0.3 is 14.7 Å². The Kier molecular flexibility index (Phi) is 7.01.